The summed E-state index contributed by atoms with van der Waals surface area (Å²) in [5.74, 6) is 1.08. The molecule has 2 heterocycles. The van der Waals surface area contributed by atoms with Crippen molar-refractivity contribution in [2.24, 2.45) is 0 Å². The van der Waals surface area contributed by atoms with E-state index in [4.69, 9.17) is 21.1 Å². The van der Waals surface area contributed by atoms with Crippen LogP contribution in [0.5, 0.6) is 11.5 Å². The minimum Gasteiger partial charge on any atom is -0.454 e. The molecule has 0 spiro atoms. The fourth-order valence-corrected chi connectivity index (χ4v) is 3.86. The number of carbonyl (C=O) groups excluding carboxylic acids is 1. The van der Waals surface area contributed by atoms with E-state index in [1.807, 2.05) is 12.1 Å². The van der Waals surface area contributed by atoms with Gasteiger partial charge >= 0.3 is 0 Å². The van der Waals surface area contributed by atoms with E-state index in [0.717, 1.165) is 38.0 Å². The summed E-state index contributed by atoms with van der Waals surface area (Å²) in [6, 6.07) is 14.3. The van der Waals surface area contributed by atoms with Gasteiger partial charge in [0, 0.05) is 31.8 Å². The van der Waals surface area contributed by atoms with Gasteiger partial charge in [-0.05, 0) is 42.2 Å². The Hall–Kier alpha value is -2.50. The molecule has 2 aliphatic rings. The van der Waals surface area contributed by atoms with Gasteiger partial charge in [0.1, 0.15) is 0 Å². The highest BCUT2D eigenvalue weighted by atomic mass is 35.5. The number of rotatable bonds is 5. The standard InChI is InChI=1S/C22H23ClN2O3/c23-19-12-17(13-20-22(19)28-15-27-20)6-7-21(26)24-18-8-10-25(11-9-18)14-16-4-2-1-3-5-16/h1-7,12-13,18H,8-11,14-15H2,(H,24,26)/b7-6+. The Morgan fingerprint density at radius 3 is 2.75 bits per heavy atom. The number of fused-ring (bicyclic) bond motifs is 1. The van der Waals surface area contributed by atoms with Gasteiger partial charge in [-0.1, -0.05) is 41.9 Å². The monoisotopic (exact) mass is 398 g/mol. The summed E-state index contributed by atoms with van der Waals surface area (Å²) >= 11 is 6.17. The van der Waals surface area contributed by atoms with E-state index in [0.29, 0.717) is 16.5 Å². The second kappa shape index (κ2) is 8.67. The van der Waals surface area contributed by atoms with Crippen molar-refractivity contribution in [1.82, 2.24) is 10.2 Å². The third-order valence-corrected chi connectivity index (χ3v) is 5.34. The van der Waals surface area contributed by atoms with Crippen LogP contribution in [-0.4, -0.2) is 36.7 Å². The second-order valence-corrected chi connectivity index (χ2v) is 7.52. The van der Waals surface area contributed by atoms with E-state index in [9.17, 15) is 4.79 Å². The topological polar surface area (TPSA) is 50.8 Å². The van der Waals surface area contributed by atoms with Crippen LogP contribution in [0.3, 0.4) is 0 Å². The van der Waals surface area contributed by atoms with E-state index >= 15 is 0 Å². The molecule has 28 heavy (non-hydrogen) atoms. The number of hydrogen-bond donors (Lipinski definition) is 1. The fourth-order valence-electron chi connectivity index (χ4n) is 3.58. The number of carbonyl (C=O) groups is 1. The molecule has 1 fully saturated rings. The van der Waals surface area contributed by atoms with E-state index in [2.05, 4.69) is 34.5 Å². The molecule has 146 valence electrons. The Morgan fingerprint density at radius 1 is 1.18 bits per heavy atom. The minimum absolute atomic E-state index is 0.0877. The lowest BCUT2D eigenvalue weighted by Gasteiger charge is -2.32. The number of benzene rings is 2. The molecule has 0 atom stereocenters. The predicted molar refractivity (Wildman–Crippen MR) is 109 cm³/mol. The summed E-state index contributed by atoms with van der Waals surface area (Å²) in [4.78, 5) is 14.7. The van der Waals surface area contributed by atoms with Crippen LogP contribution in [0.15, 0.2) is 48.5 Å². The molecule has 0 aromatic heterocycles. The van der Waals surface area contributed by atoms with Gasteiger partial charge in [-0.3, -0.25) is 9.69 Å². The molecule has 2 aromatic carbocycles. The lowest BCUT2D eigenvalue weighted by Crippen LogP contribution is -2.43. The Bertz CT molecular complexity index is 862. The molecule has 1 saturated heterocycles. The maximum absolute atomic E-state index is 12.3. The third kappa shape index (κ3) is 4.66. The summed E-state index contributed by atoms with van der Waals surface area (Å²) < 4.78 is 10.6. The lowest BCUT2D eigenvalue weighted by molar-refractivity contribution is -0.117. The van der Waals surface area contributed by atoms with E-state index in [-0.39, 0.29) is 18.7 Å². The largest absolute Gasteiger partial charge is 0.454 e. The number of halogens is 1. The van der Waals surface area contributed by atoms with Crippen LogP contribution in [-0.2, 0) is 11.3 Å². The van der Waals surface area contributed by atoms with Gasteiger partial charge in [0.2, 0.25) is 12.7 Å². The highest BCUT2D eigenvalue weighted by Gasteiger charge is 2.20. The SMILES string of the molecule is O=C(/C=C/c1cc(Cl)c2c(c1)OCO2)NC1CCN(Cc2ccccc2)CC1. The first kappa shape index (κ1) is 18.8. The average Bonchev–Trinajstić information content (AvgIpc) is 3.18. The number of nitrogens with one attached hydrogen (secondary N) is 1. The maximum Gasteiger partial charge on any atom is 0.244 e. The van der Waals surface area contributed by atoms with Crippen LogP contribution in [0.2, 0.25) is 5.02 Å². The summed E-state index contributed by atoms with van der Waals surface area (Å²) in [7, 11) is 0. The van der Waals surface area contributed by atoms with Crippen molar-refractivity contribution in [3.63, 3.8) is 0 Å². The van der Waals surface area contributed by atoms with Crippen molar-refractivity contribution in [2.75, 3.05) is 19.9 Å². The normalized spacial score (nSPS) is 17.2. The maximum atomic E-state index is 12.3. The minimum atomic E-state index is -0.0877. The number of amides is 1. The molecule has 0 radical (unpaired) electrons. The first-order valence-electron chi connectivity index (χ1n) is 9.51. The van der Waals surface area contributed by atoms with Crippen LogP contribution in [0, 0.1) is 0 Å². The molecule has 2 aliphatic heterocycles. The lowest BCUT2D eigenvalue weighted by atomic mass is 10.0. The summed E-state index contributed by atoms with van der Waals surface area (Å²) in [5.41, 5.74) is 2.14. The van der Waals surface area contributed by atoms with Gasteiger partial charge in [-0.2, -0.15) is 0 Å². The summed E-state index contributed by atoms with van der Waals surface area (Å²) in [6.45, 7) is 3.11. The second-order valence-electron chi connectivity index (χ2n) is 7.11. The highest BCUT2D eigenvalue weighted by Crippen LogP contribution is 2.40. The van der Waals surface area contributed by atoms with Crippen LogP contribution in [0.4, 0.5) is 0 Å². The van der Waals surface area contributed by atoms with E-state index < -0.39 is 0 Å². The van der Waals surface area contributed by atoms with Crippen molar-refractivity contribution >= 4 is 23.6 Å². The molecule has 4 rings (SSSR count). The number of likely N-dealkylation sites (tertiary alicyclic amines) is 1. The van der Waals surface area contributed by atoms with Crippen LogP contribution >= 0.6 is 11.6 Å². The molecule has 2 aromatic rings. The van der Waals surface area contributed by atoms with E-state index in [1.165, 1.54) is 5.56 Å². The first-order chi connectivity index (χ1) is 13.7. The molecule has 0 unspecified atom stereocenters. The molecular weight excluding hydrogens is 376 g/mol. The molecule has 1 amide bonds. The summed E-state index contributed by atoms with van der Waals surface area (Å²) in [5, 5.41) is 3.59. The molecule has 1 N–H and O–H groups in total. The van der Waals surface area contributed by atoms with Crippen molar-refractivity contribution in [3.8, 4) is 11.5 Å². The Kier molecular flexibility index (Phi) is 5.84. The predicted octanol–water partition coefficient (Wildman–Crippen LogP) is 3.86. The molecule has 6 heteroatoms. The first-order valence-corrected chi connectivity index (χ1v) is 9.89. The third-order valence-electron chi connectivity index (χ3n) is 5.06. The van der Waals surface area contributed by atoms with Gasteiger partial charge < -0.3 is 14.8 Å². The van der Waals surface area contributed by atoms with Gasteiger partial charge in [0.05, 0.1) is 5.02 Å². The van der Waals surface area contributed by atoms with Gasteiger partial charge in [0.15, 0.2) is 11.5 Å². The van der Waals surface area contributed by atoms with Gasteiger partial charge in [-0.15, -0.1) is 0 Å². The highest BCUT2D eigenvalue weighted by molar-refractivity contribution is 6.32. The Balaban J connectivity index is 1.26. The zero-order valence-corrected chi connectivity index (χ0v) is 16.3. The Morgan fingerprint density at radius 2 is 1.96 bits per heavy atom. The smallest absolute Gasteiger partial charge is 0.244 e. The van der Waals surface area contributed by atoms with E-state index in [1.54, 1.807) is 18.2 Å². The number of piperidine rings is 1. The zero-order chi connectivity index (χ0) is 19.3. The quantitative estimate of drug-likeness (QED) is 0.777. The van der Waals surface area contributed by atoms with Crippen molar-refractivity contribution < 1.29 is 14.3 Å². The molecule has 0 bridgehead atoms. The van der Waals surface area contributed by atoms with Crippen LogP contribution in [0.1, 0.15) is 24.0 Å². The number of hydrogen-bond acceptors (Lipinski definition) is 4. The fraction of sp³-hybridized carbons (Fsp3) is 0.318. The van der Waals surface area contributed by atoms with Crippen molar-refractivity contribution in [2.45, 2.75) is 25.4 Å². The van der Waals surface area contributed by atoms with Gasteiger partial charge in [0.25, 0.3) is 0 Å². The van der Waals surface area contributed by atoms with Crippen molar-refractivity contribution in [3.05, 3.63) is 64.7 Å². The summed E-state index contributed by atoms with van der Waals surface area (Å²) in [6.07, 6.45) is 5.21. The van der Waals surface area contributed by atoms with Gasteiger partial charge in [-0.25, -0.2) is 0 Å². The van der Waals surface area contributed by atoms with Crippen molar-refractivity contribution in [1.29, 1.82) is 0 Å². The molecule has 0 saturated carbocycles. The Labute approximate surface area is 169 Å². The number of nitrogens with zero attached hydrogens (tertiary/aromatic N) is 1. The van der Waals surface area contributed by atoms with Crippen LogP contribution in [0.25, 0.3) is 6.08 Å². The van der Waals surface area contributed by atoms with Crippen LogP contribution < -0.4 is 14.8 Å². The zero-order valence-electron chi connectivity index (χ0n) is 15.6. The molecular formula is C22H23ClN2O3. The number of ether oxygens (including phenoxy) is 2. The molecule has 5 nitrogen and oxygen atoms in total. The average molecular weight is 399 g/mol. The molecule has 0 aliphatic carbocycles.